The number of thiazole rings is 1. The van der Waals surface area contributed by atoms with E-state index in [4.69, 9.17) is 4.74 Å². The van der Waals surface area contributed by atoms with Crippen LogP contribution in [0.4, 0.5) is 0 Å². The van der Waals surface area contributed by atoms with Gasteiger partial charge in [0.2, 0.25) is 0 Å². The van der Waals surface area contributed by atoms with E-state index in [1.807, 2.05) is 17.5 Å². The van der Waals surface area contributed by atoms with Gasteiger partial charge in [0.05, 0.1) is 11.2 Å². The normalized spacial score (nSPS) is 10.6. The Hall–Kier alpha value is -1.88. The predicted octanol–water partition coefficient (Wildman–Crippen LogP) is 3.64. The number of ether oxygens (including phenoxy) is 1. The third-order valence-corrected chi connectivity index (χ3v) is 3.94. The molecule has 0 aliphatic rings. The summed E-state index contributed by atoms with van der Waals surface area (Å²) in [5.74, 6) is 0.705. The second kappa shape index (κ2) is 7.78. The lowest BCUT2D eigenvalue weighted by atomic mass is 10.1. The maximum atomic E-state index is 12.1. The van der Waals surface area contributed by atoms with Crippen molar-refractivity contribution in [1.82, 2.24) is 10.3 Å². The molecule has 0 saturated heterocycles. The van der Waals surface area contributed by atoms with Gasteiger partial charge in [0, 0.05) is 17.0 Å². The van der Waals surface area contributed by atoms with Crippen LogP contribution < -0.4 is 10.1 Å². The molecule has 1 aromatic heterocycles. The lowest BCUT2D eigenvalue weighted by molar-refractivity contribution is 0.0935. The van der Waals surface area contributed by atoms with Crippen molar-refractivity contribution in [1.29, 1.82) is 0 Å². The number of hydrogen-bond donors (Lipinski definition) is 1. The highest BCUT2D eigenvalue weighted by Gasteiger charge is 2.10. The lowest BCUT2D eigenvalue weighted by Gasteiger charge is -2.14. The Balaban J connectivity index is 1.90. The van der Waals surface area contributed by atoms with E-state index in [0.717, 1.165) is 24.3 Å². The van der Waals surface area contributed by atoms with Crippen molar-refractivity contribution >= 4 is 17.2 Å². The number of nitrogens with one attached hydrogen (secondary N) is 1. The summed E-state index contributed by atoms with van der Waals surface area (Å²) in [6.07, 6.45) is 1.88. The molecular weight excluding hydrogens is 284 g/mol. The van der Waals surface area contributed by atoms with Gasteiger partial charge in [-0.2, -0.15) is 0 Å². The molecule has 0 spiro atoms. The summed E-state index contributed by atoms with van der Waals surface area (Å²) in [6.45, 7) is 4.59. The van der Waals surface area contributed by atoms with Crippen LogP contribution in [0, 0.1) is 0 Å². The minimum absolute atomic E-state index is 0.0326. The summed E-state index contributed by atoms with van der Waals surface area (Å²) in [6, 6.07) is 7.43. The fourth-order valence-electron chi connectivity index (χ4n) is 1.93. The van der Waals surface area contributed by atoms with Gasteiger partial charge in [0.1, 0.15) is 12.4 Å². The van der Waals surface area contributed by atoms with E-state index in [-0.39, 0.29) is 11.9 Å². The van der Waals surface area contributed by atoms with E-state index in [0.29, 0.717) is 12.2 Å². The zero-order valence-corrected chi connectivity index (χ0v) is 13.2. The van der Waals surface area contributed by atoms with E-state index in [1.54, 1.807) is 29.0 Å². The molecule has 0 atom stereocenters. The third kappa shape index (κ3) is 4.56. The number of carbonyl (C=O) groups is 1. The van der Waals surface area contributed by atoms with Gasteiger partial charge in [-0.25, -0.2) is 4.98 Å². The largest absolute Gasteiger partial charge is 0.487 e. The SMILES string of the molecule is CCC(CC)NC(=O)c1ccc(OCc2cscn2)cc1. The van der Waals surface area contributed by atoms with E-state index >= 15 is 0 Å². The van der Waals surface area contributed by atoms with Crippen LogP contribution >= 0.6 is 11.3 Å². The Labute approximate surface area is 129 Å². The molecule has 2 rings (SSSR count). The molecule has 0 radical (unpaired) electrons. The van der Waals surface area contributed by atoms with Crippen LogP contribution in [-0.4, -0.2) is 16.9 Å². The Morgan fingerprint density at radius 3 is 2.57 bits per heavy atom. The molecule has 1 heterocycles. The number of nitrogens with zero attached hydrogens (tertiary/aromatic N) is 1. The Morgan fingerprint density at radius 1 is 1.29 bits per heavy atom. The molecule has 1 aromatic carbocycles. The van der Waals surface area contributed by atoms with Gasteiger partial charge in [-0.15, -0.1) is 11.3 Å². The maximum Gasteiger partial charge on any atom is 0.251 e. The highest BCUT2D eigenvalue weighted by atomic mass is 32.1. The highest BCUT2D eigenvalue weighted by Crippen LogP contribution is 2.14. The van der Waals surface area contributed by atoms with Crippen LogP contribution in [0.1, 0.15) is 42.7 Å². The molecule has 0 aliphatic carbocycles. The summed E-state index contributed by atoms with van der Waals surface area (Å²) in [5.41, 5.74) is 3.35. The number of rotatable bonds is 7. The second-order valence-electron chi connectivity index (χ2n) is 4.78. The molecule has 5 heteroatoms. The van der Waals surface area contributed by atoms with E-state index < -0.39 is 0 Å². The minimum atomic E-state index is -0.0326. The van der Waals surface area contributed by atoms with E-state index in [1.165, 1.54) is 0 Å². The third-order valence-electron chi connectivity index (χ3n) is 3.31. The Kier molecular flexibility index (Phi) is 5.75. The summed E-state index contributed by atoms with van der Waals surface area (Å²) in [4.78, 5) is 16.2. The molecule has 0 unspecified atom stereocenters. The van der Waals surface area contributed by atoms with Gasteiger partial charge in [-0.3, -0.25) is 4.79 Å². The van der Waals surface area contributed by atoms with E-state index in [2.05, 4.69) is 24.1 Å². The summed E-state index contributed by atoms with van der Waals surface area (Å²) in [7, 11) is 0. The first-order valence-corrected chi connectivity index (χ1v) is 8.08. The van der Waals surface area contributed by atoms with Crippen LogP contribution in [0.3, 0.4) is 0 Å². The lowest BCUT2D eigenvalue weighted by Crippen LogP contribution is -2.33. The number of hydrogen-bond acceptors (Lipinski definition) is 4. The zero-order valence-electron chi connectivity index (χ0n) is 12.3. The molecule has 2 aromatic rings. The van der Waals surface area contributed by atoms with Crippen LogP contribution in [0.15, 0.2) is 35.2 Å². The minimum Gasteiger partial charge on any atom is -0.487 e. The van der Waals surface area contributed by atoms with Crippen molar-refractivity contribution in [2.75, 3.05) is 0 Å². The van der Waals surface area contributed by atoms with Gasteiger partial charge >= 0.3 is 0 Å². The van der Waals surface area contributed by atoms with Crippen LogP contribution in [-0.2, 0) is 6.61 Å². The highest BCUT2D eigenvalue weighted by molar-refractivity contribution is 7.07. The number of aromatic nitrogens is 1. The van der Waals surface area contributed by atoms with Gasteiger partial charge in [-0.1, -0.05) is 13.8 Å². The maximum absolute atomic E-state index is 12.1. The van der Waals surface area contributed by atoms with Crippen LogP contribution in [0.5, 0.6) is 5.75 Å². The standard InChI is InChI=1S/C16H20N2O2S/c1-3-13(4-2)18-16(19)12-5-7-15(8-6-12)20-9-14-10-21-11-17-14/h5-8,10-11,13H,3-4,9H2,1-2H3,(H,18,19). The number of benzene rings is 1. The molecule has 112 valence electrons. The quantitative estimate of drug-likeness (QED) is 0.849. The number of amides is 1. The molecule has 0 saturated carbocycles. The van der Waals surface area contributed by atoms with Crippen LogP contribution in [0.2, 0.25) is 0 Å². The molecule has 1 amide bonds. The molecule has 1 N–H and O–H groups in total. The molecule has 0 bridgehead atoms. The Morgan fingerprint density at radius 2 is 2.00 bits per heavy atom. The van der Waals surface area contributed by atoms with E-state index in [9.17, 15) is 4.79 Å². The first kappa shape index (κ1) is 15.5. The Bertz CT molecular complexity index is 548. The summed E-state index contributed by atoms with van der Waals surface area (Å²) >= 11 is 1.55. The predicted molar refractivity (Wildman–Crippen MR) is 84.7 cm³/mol. The van der Waals surface area contributed by atoms with Crippen molar-refractivity contribution in [2.45, 2.75) is 39.3 Å². The van der Waals surface area contributed by atoms with Crippen LogP contribution in [0.25, 0.3) is 0 Å². The van der Waals surface area contributed by atoms with Gasteiger partial charge in [-0.05, 0) is 37.1 Å². The molecule has 0 fully saturated rings. The average Bonchev–Trinajstić information content (AvgIpc) is 3.04. The number of carbonyl (C=O) groups excluding carboxylic acids is 1. The fourth-order valence-corrected chi connectivity index (χ4v) is 2.47. The zero-order chi connectivity index (χ0) is 15.1. The van der Waals surface area contributed by atoms with Crippen molar-refractivity contribution in [2.24, 2.45) is 0 Å². The fraction of sp³-hybridized carbons (Fsp3) is 0.375. The summed E-state index contributed by atoms with van der Waals surface area (Å²) in [5, 5.41) is 4.97. The monoisotopic (exact) mass is 304 g/mol. The first-order valence-electron chi connectivity index (χ1n) is 7.13. The summed E-state index contributed by atoms with van der Waals surface area (Å²) < 4.78 is 5.62. The van der Waals surface area contributed by atoms with Crippen molar-refractivity contribution < 1.29 is 9.53 Å². The van der Waals surface area contributed by atoms with Crippen molar-refractivity contribution in [3.63, 3.8) is 0 Å². The molecule has 21 heavy (non-hydrogen) atoms. The van der Waals surface area contributed by atoms with Crippen molar-refractivity contribution in [3.8, 4) is 5.75 Å². The van der Waals surface area contributed by atoms with Gasteiger partial charge in [0.15, 0.2) is 0 Å². The molecule has 4 nitrogen and oxygen atoms in total. The molecular formula is C16H20N2O2S. The second-order valence-corrected chi connectivity index (χ2v) is 5.50. The molecule has 0 aliphatic heterocycles. The van der Waals surface area contributed by atoms with Gasteiger partial charge < -0.3 is 10.1 Å². The topological polar surface area (TPSA) is 51.2 Å². The van der Waals surface area contributed by atoms with Crippen molar-refractivity contribution in [3.05, 3.63) is 46.4 Å². The first-order chi connectivity index (χ1) is 10.2. The average molecular weight is 304 g/mol. The smallest absolute Gasteiger partial charge is 0.251 e. The van der Waals surface area contributed by atoms with Gasteiger partial charge in [0.25, 0.3) is 5.91 Å².